The second kappa shape index (κ2) is 9.42. The highest BCUT2D eigenvalue weighted by molar-refractivity contribution is 6.45. The van der Waals surface area contributed by atoms with Gasteiger partial charge in [-0.15, -0.1) is 0 Å². The van der Waals surface area contributed by atoms with E-state index in [0.29, 0.717) is 0 Å². The minimum absolute atomic E-state index is 0.0277. The zero-order chi connectivity index (χ0) is 23.7. The fourth-order valence-corrected chi connectivity index (χ4v) is 4.98. The van der Waals surface area contributed by atoms with E-state index in [2.05, 4.69) is 24.3 Å². The first-order valence-corrected chi connectivity index (χ1v) is 11.4. The molecule has 3 aromatic rings. The molecule has 168 valence electrons. The van der Waals surface area contributed by atoms with E-state index in [4.69, 9.17) is 33.4 Å². The van der Waals surface area contributed by atoms with Crippen LogP contribution in [0.1, 0.15) is 50.2 Å². The molecule has 33 heavy (non-hydrogen) atoms. The minimum atomic E-state index is -1.11. The van der Waals surface area contributed by atoms with Gasteiger partial charge in [-0.25, -0.2) is 9.59 Å². The summed E-state index contributed by atoms with van der Waals surface area (Å²) in [5, 5.41) is 24.1. The van der Waals surface area contributed by atoms with Crippen molar-refractivity contribution in [3.8, 4) is 0 Å². The second-order valence-corrected chi connectivity index (χ2v) is 9.01. The summed E-state index contributed by atoms with van der Waals surface area (Å²) in [4.78, 5) is 21.2. The van der Waals surface area contributed by atoms with Crippen LogP contribution in [0.5, 0.6) is 0 Å². The van der Waals surface area contributed by atoms with Crippen LogP contribution in [0.25, 0.3) is 11.1 Å². The predicted octanol–water partition coefficient (Wildman–Crippen LogP) is 5.04. The molecule has 0 bridgehead atoms. The molecular weight excluding hydrogens is 459 g/mol. The number of hydrogen-bond donors (Lipinski definition) is 2. The van der Waals surface area contributed by atoms with Gasteiger partial charge in [0.05, 0.1) is 11.1 Å². The maximum absolute atomic E-state index is 10.6. The minimum Gasteiger partial charge on any atom is -0.478 e. The van der Waals surface area contributed by atoms with Gasteiger partial charge < -0.3 is 10.2 Å². The summed E-state index contributed by atoms with van der Waals surface area (Å²) < 4.78 is 0. The lowest BCUT2D eigenvalue weighted by molar-refractivity contribution is 0.0696. The lowest BCUT2D eigenvalue weighted by Crippen LogP contribution is -2.21. The summed E-state index contributed by atoms with van der Waals surface area (Å²) in [7, 11) is 0. The first kappa shape index (κ1) is 23.1. The first-order chi connectivity index (χ1) is 15.8. The molecule has 0 amide bonds. The highest BCUT2D eigenvalue weighted by Crippen LogP contribution is 2.23. The van der Waals surface area contributed by atoms with Crippen molar-refractivity contribution in [2.24, 2.45) is 0 Å². The first-order valence-electron chi connectivity index (χ1n) is 10.6. The van der Waals surface area contributed by atoms with Gasteiger partial charge in [-0.05, 0) is 88.0 Å². The summed E-state index contributed by atoms with van der Waals surface area (Å²) in [6, 6.07) is 14.7. The Kier molecular flexibility index (Phi) is 6.59. The molecule has 2 N–H and O–H groups in total. The molecular formula is C27H22Cl2O4. The molecule has 0 heterocycles. The van der Waals surface area contributed by atoms with Gasteiger partial charge in [-0.3, -0.25) is 0 Å². The fourth-order valence-electron chi connectivity index (χ4n) is 4.51. The molecule has 0 aromatic heterocycles. The van der Waals surface area contributed by atoms with Gasteiger partial charge >= 0.3 is 11.9 Å². The van der Waals surface area contributed by atoms with E-state index < -0.39 is 11.9 Å². The van der Waals surface area contributed by atoms with E-state index in [-0.39, 0.29) is 16.7 Å². The molecule has 0 saturated carbocycles. The number of hydrogen-bond acceptors (Lipinski definition) is 2. The number of rotatable bonds is 2. The molecule has 2 aliphatic carbocycles. The van der Waals surface area contributed by atoms with Gasteiger partial charge in [0.15, 0.2) is 0 Å². The van der Waals surface area contributed by atoms with Gasteiger partial charge in [0.2, 0.25) is 0 Å². The molecule has 2 aliphatic rings. The fraction of sp³-hybridized carbons (Fsp3) is 0.185. The second-order valence-electron chi connectivity index (χ2n) is 8.12. The number of halogens is 2. The van der Waals surface area contributed by atoms with Gasteiger partial charge in [0.1, 0.15) is 0 Å². The van der Waals surface area contributed by atoms with Crippen LogP contribution in [-0.4, -0.2) is 22.2 Å². The SMILES string of the molecule is Cc1c(C(=O)O)cccc1C(=O)O.ClC1=c2cc(Cl)ccc2=c2ccc3c(c2C1)CCCC=3. The van der Waals surface area contributed by atoms with Gasteiger partial charge in [0, 0.05) is 16.5 Å². The molecule has 0 radical (unpaired) electrons. The molecule has 0 fully saturated rings. The highest BCUT2D eigenvalue weighted by Gasteiger charge is 2.15. The number of fused-ring (bicyclic) bond motifs is 4. The normalized spacial score (nSPS) is 13.5. The van der Waals surface area contributed by atoms with Crippen LogP contribution in [-0.2, 0) is 12.8 Å². The molecule has 0 aliphatic heterocycles. The molecule has 0 unspecified atom stereocenters. The monoisotopic (exact) mass is 480 g/mol. The average molecular weight is 481 g/mol. The Morgan fingerprint density at radius 3 is 2.18 bits per heavy atom. The van der Waals surface area contributed by atoms with Crippen molar-refractivity contribution >= 4 is 46.2 Å². The summed E-state index contributed by atoms with van der Waals surface area (Å²) >= 11 is 12.6. The number of carboxylic acid groups (broad SMARTS) is 2. The van der Waals surface area contributed by atoms with Crippen LogP contribution in [0.2, 0.25) is 5.02 Å². The predicted molar refractivity (Wildman–Crippen MR) is 130 cm³/mol. The summed E-state index contributed by atoms with van der Waals surface area (Å²) in [6.45, 7) is 1.48. The lowest BCUT2D eigenvalue weighted by atomic mass is 9.89. The van der Waals surface area contributed by atoms with Crippen molar-refractivity contribution in [3.05, 3.63) is 102 Å². The van der Waals surface area contributed by atoms with E-state index in [0.717, 1.165) is 21.7 Å². The third-order valence-electron chi connectivity index (χ3n) is 6.15. The smallest absolute Gasteiger partial charge is 0.335 e. The van der Waals surface area contributed by atoms with Crippen molar-refractivity contribution in [1.82, 2.24) is 0 Å². The van der Waals surface area contributed by atoms with Crippen molar-refractivity contribution in [2.75, 3.05) is 0 Å². The zero-order valence-electron chi connectivity index (χ0n) is 18.0. The van der Waals surface area contributed by atoms with E-state index in [1.807, 2.05) is 12.1 Å². The van der Waals surface area contributed by atoms with E-state index in [9.17, 15) is 9.59 Å². The molecule has 0 spiro atoms. The molecule has 5 rings (SSSR count). The summed E-state index contributed by atoms with van der Waals surface area (Å²) in [5.74, 6) is -2.22. The number of carboxylic acids is 2. The van der Waals surface area contributed by atoms with Crippen LogP contribution in [0.3, 0.4) is 0 Å². The Bertz CT molecular complexity index is 1470. The van der Waals surface area contributed by atoms with Gasteiger partial charge in [-0.2, -0.15) is 0 Å². The van der Waals surface area contributed by atoms with E-state index >= 15 is 0 Å². The third kappa shape index (κ3) is 4.54. The van der Waals surface area contributed by atoms with E-state index in [1.165, 1.54) is 71.2 Å². The third-order valence-corrected chi connectivity index (χ3v) is 6.73. The largest absolute Gasteiger partial charge is 0.478 e. The number of aromatic carboxylic acids is 2. The number of carbonyl (C=O) groups is 2. The van der Waals surface area contributed by atoms with Crippen molar-refractivity contribution < 1.29 is 19.8 Å². The van der Waals surface area contributed by atoms with Crippen LogP contribution in [0, 0.1) is 17.4 Å². The van der Waals surface area contributed by atoms with Crippen LogP contribution in [0.15, 0.2) is 48.5 Å². The molecule has 0 atom stereocenters. The Morgan fingerprint density at radius 2 is 1.52 bits per heavy atom. The van der Waals surface area contributed by atoms with Crippen molar-refractivity contribution in [2.45, 2.75) is 32.6 Å². The van der Waals surface area contributed by atoms with Gasteiger partial charge in [-0.1, -0.05) is 53.5 Å². The Balaban J connectivity index is 0.000000174. The lowest BCUT2D eigenvalue weighted by Gasteiger charge is -2.17. The topological polar surface area (TPSA) is 74.6 Å². The summed E-state index contributed by atoms with van der Waals surface area (Å²) in [5.41, 5.74) is 3.24. The maximum atomic E-state index is 10.6. The van der Waals surface area contributed by atoms with Crippen LogP contribution < -0.4 is 10.4 Å². The Hall–Kier alpha value is -3.08. The Morgan fingerprint density at radius 1 is 0.848 bits per heavy atom. The van der Waals surface area contributed by atoms with E-state index in [1.54, 1.807) is 0 Å². The van der Waals surface area contributed by atoms with Gasteiger partial charge in [0.25, 0.3) is 0 Å². The maximum Gasteiger partial charge on any atom is 0.335 e. The van der Waals surface area contributed by atoms with Crippen molar-refractivity contribution in [3.63, 3.8) is 0 Å². The quantitative estimate of drug-likeness (QED) is 0.538. The zero-order valence-corrected chi connectivity index (χ0v) is 19.5. The number of benzene rings is 3. The highest BCUT2D eigenvalue weighted by atomic mass is 35.5. The average Bonchev–Trinajstić information content (AvgIpc) is 2.79. The van der Waals surface area contributed by atoms with Crippen molar-refractivity contribution in [1.29, 1.82) is 0 Å². The van der Waals surface area contributed by atoms with Crippen LogP contribution >= 0.6 is 23.2 Å². The standard InChI is InChI=1S/C18H14Cl2.C9H8O4/c19-12-6-8-15-14-7-5-11-3-1-2-4-13(11)16(14)10-18(20)17(15)9-12;1-5-6(8(10)11)3-2-4-7(5)9(12)13/h3,5-9H,1-2,4,10H2;2-4H,1H3,(H,10,11)(H,12,13). The molecule has 0 saturated heterocycles. The molecule has 3 aromatic carbocycles. The van der Waals surface area contributed by atoms with Crippen LogP contribution in [0.4, 0.5) is 0 Å². The molecule has 4 nitrogen and oxygen atoms in total. The summed E-state index contributed by atoms with van der Waals surface area (Å²) in [6.07, 6.45) is 6.79. The molecule has 6 heteroatoms. The Labute approximate surface area is 200 Å².